The molecule has 3 heterocycles. The van der Waals surface area contributed by atoms with Crippen LogP contribution in [0.15, 0.2) is 23.2 Å². The van der Waals surface area contributed by atoms with Crippen LogP contribution in [-0.4, -0.2) is 49.9 Å². The Labute approximate surface area is 128 Å². The van der Waals surface area contributed by atoms with Crippen molar-refractivity contribution in [1.29, 1.82) is 0 Å². The Morgan fingerprint density at radius 2 is 2.41 bits per heavy atom. The molecule has 8 nitrogen and oxygen atoms in total. The smallest absolute Gasteiger partial charge is 0.239 e. The van der Waals surface area contributed by atoms with Gasteiger partial charge in [0, 0.05) is 12.1 Å². The third kappa shape index (κ3) is 3.70. The van der Waals surface area contributed by atoms with Gasteiger partial charge in [0.25, 0.3) is 0 Å². The third-order valence-electron chi connectivity index (χ3n) is 3.86. The summed E-state index contributed by atoms with van der Waals surface area (Å²) in [5.74, 6) is 1.07. The Hall–Kier alpha value is -2.22. The fraction of sp³-hybridized carbons (Fsp3) is 0.571. The lowest BCUT2D eigenvalue weighted by atomic mass is 10.0. The molecule has 22 heavy (non-hydrogen) atoms. The molecule has 0 bridgehead atoms. The van der Waals surface area contributed by atoms with E-state index in [1.54, 1.807) is 19.3 Å². The Balaban J connectivity index is 1.57. The molecule has 1 fully saturated rings. The molecule has 0 radical (unpaired) electrons. The summed E-state index contributed by atoms with van der Waals surface area (Å²) in [5.41, 5.74) is 0. The summed E-state index contributed by atoms with van der Waals surface area (Å²) in [5, 5.41) is 10.7. The second kappa shape index (κ2) is 6.69. The van der Waals surface area contributed by atoms with Crippen LogP contribution >= 0.6 is 0 Å². The van der Waals surface area contributed by atoms with E-state index in [2.05, 4.69) is 25.5 Å². The normalized spacial score (nSPS) is 19.2. The number of nitrogens with zero attached hydrogens (tertiary/aromatic N) is 5. The van der Waals surface area contributed by atoms with E-state index in [0.29, 0.717) is 24.2 Å². The first-order valence-electron chi connectivity index (χ1n) is 7.50. The summed E-state index contributed by atoms with van der Waals surface area (Å²) in [6, 6.07) is 2.02. The van der Waals surface area contributed by atoms with E-state index >= 15 is 0 Å². The van der Waals surface area contributed by atoms with Gasteiger partial charge in [-0.05, 0) is 26.3 Å². The zero-order chi connectivity index (χ0) is 15.4. The molecule has 1 N–H and O–H groups in total. The van der Waals surface area contributed by atoms with Crippen LogP contribution in [0.4, 0.5) is 5.82 Å². The van der Waals surface area contributed by atoms with Crippen LogP contribution in [0.3, 0.4) is 0 Å². The van der Waals surface area contributed by atoms with Gasteiger partial charge in [-0.15, -0.1) is 0 Å². The number of rotatable bonds is 5. The van der Waals surface area contributed by atoms with Crippen molar-refractivity contribution in [2.24, 2.45) is 0 Å². The molecule has 0 saturated carbocycles. The molecule has 0 aliphatic carbocycles. The third-order valence-corrected chi connectivity index (χ3v) is 3.86. The van der Waals surface area contributed by atoms with Crippen LogP contribution in [0, 0.1) is 6.92 Å². The number of aromatic nitrogens is 4. The van der Waals surface area contributed by atoms with Crippen molar-refractivity contribution in [2.45, 2.75) is 38.8 Å². The second-order valence-electron chi connectivity index (χ2n) is 5.61. The van der Waals surface area contributed by atoms with Crippen LogP contribution in [0.1, 0.15) is 25.0 Å². The number of hydrogen-bond acceptors (Lipinski definition) is 6. The Kier molecular flexibility index (Phi) is 4.47. The lowest BCUT2D eigenvalue weighted by Crippen LogP contribution is -2.46. The first-order valence-corrected chi connectivity index (χ1v) is 7.50. The molecule has 2 aromatic heterocycles. The van der Waals surface area contributed by atoms with Crippen LogP contribution in [0.25, 0.3) is 0 Å². The number of hydrogen-bond donors (Lipinski definition) is 1. The highest BCUT2D eigenvalue weighted by atomic mass is 16.5. The summed E-state index contributed by atoms with van der Waals surface area (Å²) in [6.45, 7) is 3.83. The first kappa shape index (κ1) is 14.7. The molecule has 3 rings (SSSR count). The van der Waals surface area contributed by atoms with Gasteiger partial charge in [-0.2, -0.15) is 5.10 Å². The Bertz CT molecular complexity index is 609. The van der Waals surface area contributed by atoms with Gasteiger partial charge >= 0.3 is 0 Å². The molecule has 1 atom stereocenters. The lowest BCUT2D eigenvalue weighted by molar-refractivity contribution is -0.118. The van der Waals surface area contributed by atoms with Gasteiger partial charge in [0.05, 0.1) is 13.1 Å². The van der Waals surface area contributed by atoms with Gasteiger partial charge in [-0.25, -0.2) is 4.98 Å². The van der Waals surface area contributed by atoms with Gasteiger partial charge in [0.1, 0.15) is 18.4 Å². The quantitative estimate of drug-likeness (QED) is 0.888. The number of nitrogens with one attached hydrogen (secondary N) is 1. The molecule has 1 aliphatic heterocycles. The van der Waals surface area contributed by atoms with Crippen LogP contribution < -0.4 is 5.32 Å². The standard InChI is InChI=1S/C14H20N6O2/c1-11-6-13(18-22-11)17-14(21)8-19-5-3-2-4-12(19)7-20-10-15-9-16-20/h6,9-10,12H,2-5,7-8H2,1H3,(H,17,18,21)/t12-/m0/s1. The Morgan fingerprint density at radius 3 is 3.14 bits per heavy atom. The number of aryl methyl sites for hydroxylation is 1. The number of likely N-dealkylation sites (tertiary alicyclic amines) is 1. The highest BCUT2D eigenvalue weighted by Gasteiger charge is 2.25. The summed E-state index contributed by atoms with van der Waals surface area (Å²) < 4.78 is 6.77. The number of amides is 1. The molecule has 1 amide bonds. The van der Waals surface area contributed by atoms with E-state index < -0.39 is 0 Å². The maximum atomic E-state index is 12.2. The highest BCUT2D eigenvalue weighted by Crippen LogP contribution is 2.18. The van der Waals surface area contributed by atoms with Crippen molar-refractivity contribution in [3.8, 4) is 0 Å². The van der Waals surface area contributed by atoms with E-state index in [0.717, 1.165) is 25.9 Å². The summed E-state index contributed by atoms with van der Waals surface area (Å²) in [6.07, 6.45) is 6.61. The van der Waals surface area contributed by atoms with Gasteiger partial charge in [-0.1, -0.05) is 11.6 Å². The van der Waals surface area contributed by atoms with E-state index in [1.165, 1.54) is 12.7 Å². The minimum atomic E-state index is -0.0706. The van der Waals surface area contributed by atoms with Crippen molar-refractivity contribution in [1.82, 2.24) is 24.8 Å². The molecule has 8 heteroatoms. The summed E-state index contributed by atoms with van der Waals surface area (Å²) in [7, 11) is 0. The zero-order valence-corrected chi connectivity index (χ0v) is 12.6. The maximum absolute atomic E-state index is 12.2. The van der Waals surface area contributed by atoms with Gasteiger partial charge in [-0.3, -0.25) is 14.4 Å². The van der Waals surface area contributed by atoms with E-state index in [4.69, 9.17) is 4.52 Å². The SMILES string of the molecule is Cc1cc(NC(=O)CN2CCCC[C@H]2Cn2cncn2)no1. The fourth-order valence-electron chi connectivity index (χ4n) is 2.81. The second-order valence-corrected chi connectivity index (χ2v) is 5.61. The number of carbonyl (C=O) groups is 1. The number of anilines is 1. The van der Waals surface area contributed by atoms with Crippen molar-refractivity contribution in [3.63, 3.8) is 0 Å². The molecule has 0 unspecified atom stereocenters. The number of piperidine rings is 1. The average molecular weight is 304 g/mol. The fourth-order valence-corrected chi connectivity index (χ4v) is 2.81. The summed E-state index contributed by atoms with van der Waals surface area (Å²) in [4.78, 5) is 18.3. The lowest BCUT2D eigenvalue weighted by Gasteiger charge is -2.34. The predicted octanol–water partition coefficient (Wildman–Crippen LogP) is 1.07. The van der Waals surface area contributed by atoms with E-state index in [9.17, 15) is 4.79 Å². The number of carbonyl (C=O) groups excluding carboxylic acids is 1. The van der Waals surface area contributed by atoms with E-state index in [-0.39, 0.29) is 5.91 Å². The van der Waals surface area contributed by atoms with Crippen LogP contribution in [-0.2, 0) is 11.3 Å². The van der Waals surface area contributed by atoms with E-state index in [1.807, 2.05) is 4.68 Å². The van der Waals surface area contributed by atoms with Crippen molar-refractivity contribution in [3.05, 3.63) is 24.5 Å². The topological polar surface area (TPSA) is 89.1 Å². The summed E-state index contributed by atoms with van der Waals surface area (Å²) >= 11 is 0. The molecule has 2 aromatic rings. The minimum Gasteiger partial charge on any atom is -0.360 e. The monoisotopic (exact) mass is 304 g/mol. The van der Waals surface area contributed by atoms with Crippen LogP contribution in [0.5, 0.6) is 0 Å². The van der Waals surface area contributed by atoms with Crippen molar-refractivity contribution in [2.75, 3.05) is 18.4 Å². The van der Waals surface area contributed by atoms with Crippen molar-refractivity contribution >= 4 is 11.7 Å². The molecule has 1 saturated heterocycles. The van der Waals surface area contributed by atoms with Gasteiger partial charge in [0.2, 0.25) is 5.91 Å². The minimum absolute atomic E-state index is 0.0706. The molecule has 0 spiro atoms. The van der Waals surface area contributed by atoms with Gasteiger partial charge < -0.3 is 9.84 Å². The molecule has 1 aliphatic rings. The first-order chi connectivity index (χ1) is 10.7. The van der Waals surface area contributed by atoms with Gasteiger partial charge in [0.15, 0.2) is 5.82 Å². The largest absolute Gasteiger partial charge is 0.360 e. The van der Waals surface area contributed by atoms with Crippen LogP contribution in [0.2, 0.25) is 0 Å². The molecule has 118 valence electrons. The highest BCUT2D eigenvalue weighted by molar-refractivity contribution is 5.91. The Morgan fingerprint density at radius 1 is 1.50 bits per heavy atom. The average Bonchev–Trinajstić information content (AvgIpc) is 3.13. The molecule has 0 aromatic carbocycles. The molecular weight excluding hydrogens is 284 g/mol. The zero-order valence-electron chi connectivity index (χ0n) is 12.6. The van der Waals surface area contributed by atoms with Crippen molar-refractivity contribution < 1.29 is 9.32 Å². The molecular formula is C14H20N6O2. The predicted molar refractivity (Wildman–Crippen MR) is 79.1 cm³/mol. The maximum Gasteiger partial charge on any atom is 0.239 e.